The quantitative estimate of drug-likeness (QED) is 0.469. The third-order valence-corrected chi connectivity index (χ3v) is 3.05. The normalized spacial score (nSPS) is 10.6. The number of hydrogen-bond donors (Lipinski definition) is 2. The molecule has 2 aromatic rings. The molecule has 1 aromatic heterocycles. The van der Waals surface area contributed by atoms with Crippen molar-refractivity contribution < 1.29 is 4.79 Å². The first kappa shape index (κ1) is 15.7. The first-order chi connectivity index (χ1) is 10.7. The van der Waals surface area contributed by atoms with E-state index in [1.165, 1.54) is 5.56 Å². The average Bonchev–Trinajstić information content (AvgIpc) is 2.54. The molecule has 0 radical (unpaired) electrons. The molecular weight excluding hydrogens is 276 g/mol. The number of hydrogen-bond acceptors (Lipinski definition) is 4. The van der Waals surface area contributed by atoms with Gasteiger partial charge in [0.15, 0.2) is 0 Å². The molecule has 0 aliphatic heterocycles. The zero-order valence-corrected chi connectivity index (χ0v) is 12.6. The van der Waals surface area contributed by atoms with Gasteiger partial charge in [0, 0.05) is 36.6 Å². The molecule has 0 bridgehead atoms. The minimum atomic E-state index is -0.0918. The molecule has 1 amide bonds. The Kier molecular flexibility index (Phi) is 6.11. The molecule has 114 valence electrons. The molecule has 22 heavy (non-hydrogen) atoms. The second-order valence-electron chi connectivity index (χ2n) is 4.98. The highest BCUT2D eigenvalue weighted by molar-refractivity contribution is 5.81. The lowest BCUT2D eigenvalue weighted by Crippen LogP contribution is -2.18. The zero-order chi connectivity index (χ0) is 15.6. The van der Waals surface area contributed by atoms with Gasteiger partial charge in [-0.3, -0.25) is 9.78 Å². The summed E-state index contributed by atoms with van der Waals surface area (Å²) in [5.74, 6) is -0.0918. The number of anilines is 1. The minimum absolute atomic E-state index is 0.0918. The summed E-state index contributed by atoms with van der Waals surface area (Å²) < 4.78 is 0. The van der Waals surface area contributed by atoms with Crippen LogP contribution in [0.25, 0.3) is 0 Å². The lowest BCUT2D eigenvalue weighted by molar-refractivity contribution is -0.121. The number of aryl methyl sites for hydroxylation is 1. The van der Waals surface area contributed by atoms with Gasteiger partial charge in [0.1, 0.15) is 0 Å². The maximum absolute atomic E-state index is 11.6. The molecule has 0 aliphatic carbocycles. The van der Waals surface area contributed by atoms with Gasteiger partial charge in [-0.1, -0.05) is 23.8 Å². The molecular formula is C17H20N4O. The van der Waals surface area contributed by atoms with Crippen LogP contribution in [0.4, 0.5) is 5.69 Å². The molecule has 2 rings (SSSR count). The molecule has 0 unspecified atom stereocenters. The third-order valence-electron chi connectivity index (χ3n) is 3.05. The van der Waals surface area contributed by atoms with Gasteiger partial charge in [-0.15, -0.1) is 0 Å². The third kappa shape index (κ3) is 5.75. The smallest absolute Gasteiger partial charge is 0.240 e. The number of hydrazone groups is 1. The first-order valence-corrected chi connectivity index (χ1v) is 7.26. The Hall–Kier alpha value is -2.69. The Morgan fingerprint density at radius 1 is 1.27 bits per heavy atom. The summed E-state index contributed by atoms with van der Waals surface area (Å²) >= 11 is 0. The fourth-order valence-electron chi connectivity index (χ4n) is 1.84. The predicted octanol–water partition coefficient (Wildman–Crippen LogP) is 2.73. The Balaban J connectivity index is 1.61. The van der Waals surface area contributed by atoms with Crippen molar-refractivity contribution in [3.8, 4) is 0 Å². The van der Waals surface area contributed by atoms with Crippen LogP contribution in [-0.2, 0) is 4.79 Å². The highest BCUT2D eigenvalue weighted by Crippen LogP contribution is 2.08. The Bertz CT molecular complexity index is 608. The predicted molar refractivity (Wildman–Crippen MR) is 88.9 cm³/mol. The summed E-state index contributed by atoms with van der Waals surface area (Å²) in [6.07, 6.45) is 6.14. The van der Waals surface area contributed by atoms with Crippen molar-refractivity contribution in [1.82, 2.24) is 10.4 Å². The molecule has 0 spiro atoms. The minimum Gasteiger partial charge on any atom is -0.385 e. The fraction of sp³-hybridized carbons (Fsp3) is 0.235. The first-order valence-electron chi connectivity index (χ1n) is 7.26. The van der Waals surface area contributed by atoms with Crippen LogP contribution in [0.2, 0.25) is 0 Å². The van der Waals surface area contributed by atoms with E-state index in [0.717, 1.165) is 24.2 Å². The van der Waals surface area contributed by atoms with E-state index in [1.807, 2.05) is 24.3 Å². The Morgan fingerprint density at radius 2 is 2.09 bits per heavy atom. The SMILES string of the molecule is Cc1ccc(NCCCC(=O)N/N=C/c2cccnc2)cc1. The van der Waals surface area contributed by atoms with Gasteiger partial charge >= 0.3 is 0 Å². The van der Waals surface area contributed by atoms with Crippen molar-refractivity contribution in [2.45, 2.75) is 19.8 Å². The van der Waals surface area contributed by atoms with E-state index < -0.39 is 0 Å². The second-order valence-corrected chi connectivity index (χ2v) is 4.98. The molecule has 0 saturated carbocycles. The van der Waals surface area contributed by atoms with E-state index in [2.05, 4.69) is 39.9 Å². The summed E-state index contributed by atoms with van der Waals surface area (Å²) in [5.41, 5.74) is 5.67. The zero-order valence-electron chi connectivity index (χ0n) is 12.6. The van der Waals surface area contributed by atoms with E-state index in [4.69, 9.17) is 0 Å². The Labute approximate surface area is 130 Å². The highest BCUT2D eigenvalue weighted by Gasteiger charge is 1.99. The molecule has 2 N–H and O–H groups in total. The van der Waals surface area contributed by atoms with Crippen molar-refractivity contribution in [2.24, 2.45) is 5.10 Å². The van der Waals surface area contributed by atoms with E-state index in [0.29, 0.717) is 6.42 Å². The van der Waals surface area contributed by atoms with Gasteiger partial charge in [0.25, 0.3) is 0 Å². The standard InChI is InChI=1S/C17H20N4O/c1-14-6-8-16(9-7-14)19-11-3-5-17(22)21-20-13-15-4-2-10-18-12-15/h2,4,6-10,12-13,19H,3,5,11H2,1H3,(H,21,22)/b20-13+. The van der Waals surface area contributed by atoms with Crippen molar-refractivity contribution in [3.05, 3.63) is 59.9 Å². The van der Waals surface area contributed by atoms with Crippen molar-refractivity contribution in [1.29, 1.82) is 0 Å². The van der Waals surface area contributed by atoms with Crippen LogP contribution in [0.1, 0.15) is 24.0 Å². The van der Waals surface area contributed by atoms with E-state index >= 15 is 0 Å². The van der Waals surface area contributed by atoms with Gasteiger partial charge in [-0.25, -0.2) is 5.43 Å². The summed E-state index contributed by atoms with van der Waals surface area (Å²) in [7, 11) is 0. The lowest BCUT2D eigenvalue weighted by atomic mass is 10.2. The van der Waals surface area contributed by atoms with Crippen molar-refractivity contribution in [3.63, 3.8) is 0 Å². The number of nitrogens with one attached hydrogen (secondary N) is 2. The summed E-state index contributed by atoms with van der Waals surface area (Å²) in [6, 6.07) is 11.9. The number of amides is 1. The number of benzene rings is 1. The van der Waals surface area contributed by atoms with Crippen LogP contribution in [0, 0.1) is 6.92 Å². The van der Waals surface area contributed by atoms with Crippen LogP contribution in [0.15, 0.2) is 53.9 Å². The van der Waals surface area contributed by atoms with Crippen LogP contribution >= 0.6 is 0 Å². The average molecular weight is 296 g/mol. The van der Waals surface area contributed by atoms with Crippen LogP contribution in [0.5, 0.6) is 0 Å². The van der Waals surface area contributed by atoms with Gasteiger partial charge in [0.2, 0.25) is 5.91 Å². The summed E-state index contributed by atoms with van der Waals surface area (Å²) in [5, 5.41) is 7.19. The van der Waals surface area contributed by atoms with Gasteiger partial charge in [0.05, 0.1) is 6.21 Å². The molecule has 5 nitrogen and oxygen atoms in total. The molecule has 5 heteroatoms. The largest absolute Gasteiger partial charge is 0.385 e. The van der Waals surface area contributed by atoms with E-state index in [1.54, 1.807) is 18.6 Å². The van der Waals surface area contributed by atoms with Gasteiger partial charge in [-0.05, 0) is 31.5 Å². The molecule has 1 aromatic carbocycles. The lowest BCUT2D eigenvalue weighted by Gasteiger charge is -2.06. The van der Waals surface area contributed by atoms with Crippen LogP contribution in [-0.4, -0.2) is 23.7 Å². The fourth-order valence-corrected chi connectivity index (χ4v) is 1.84. The van der Waals surface area contributed by atoms with E-state index in [-0.39, 0.29) is 5.91 Å². The topological polar surface area (TPSA) is 66.4 Å². The molecule has 0 aliphatic rings. The number of rotatable bonds is 7. The summed E-state index contributed by atoms with van der Waals surface area (Å²) in [4.78, 5) is 15.6. The Morgan fingerprint density at radius 3 is 2.82 bits per heavy atom. The van der Waals surface area contributed by atoms with E-state index in [9.17, 15) is 4.79 Å². The second kappa shape index (κ2) is 8.56. The monoisotopic (exact) mass is 296 g/mol. The van der Waals surface area contributed by atoms with Crippen LogP contribution in [0.3, 0.4) is 0 Å². The highest BCUT2D eigenvalue weighted by atomic mass is 16.2. The molecule has 0 fully saturated rings. The maximum atomic E-state index is 11.6. The number of nitrogens with zero attached hydrogens (tertiary/aromatic N) is 2. The van der Waals surface area contributed by atoms with Crippen molar-refractivity contribution in [2.75, 3.05) is 11.9 Å². The molecule has 0 saturated heterocycles. The number of carbonyl (C=O) groups excluding carboxylic acids is 1. The number of carbonyl (C=O) groups is 1. The van der Waals surface area contributed by atoms with Crippen LogP contribution < -0.4 is 10.7 Å². The number of pyridine rings is 1. The number of aromatic nitrogens is 1. The molecule has 1 heterocycles. The van der Waals surface area contributed by atoms with Gasteiger partial charge in [-0.2, -0.15) is 5.10 Å². The maximum Gasteiger partial charge on any atom is 0.240 e. The van der Waals surface area contributed by atoms with Crippen molar-refractivity contribution >= 4 is 17.8 Å². The summed E-state index contributed by atoms with van der Waals surface area (Å²) in [6.45, 7) is 2.81. The molecule has 0 atom stereocenters. The van der Waals surface area contributed by atoms with Gasteiger partial charge < -0.3 is 5.32 Å².